The van der Waals surface area contributed by atoms with Gasteiger partial charge in [-0.25, -0.2) is 0 Å². The molecule has 2 N–H and O–H groups in total. The topological polar surface area (TPSA) is 61.4 Å². The third-order valence-electron chi connectivity index (χ3n) is 3.20. The second-order valence-corrected chi connectivity index (χ2v) is 4.84. The average Bonchev–Trinajstić information content (AvgIpc) is 2.97. The first kappa shape index (κ1) is 12.1. The summed E-state index contributed by atoms with van der Waals surface area (Å²) < 4.78 is 0. The lowest BCUT2D eigenvalue weighted by atomic mass is 10.0. The largest absolute Gasteiger partial charge is 0.352 e. The van der Waals surface area contributed by atoms with Crippen molar-refractivity contribution >= 4 is 11.8 Å². The molecule has 0 aromatic rings. The molecule has 1 saturated carbocycles. The van der Waals surface area contributed by atoms with Crippen LogP contribution in [-0.2, 0) is 9.59 Å². The summed E-state index contributed by atoms with van der Waals surface area (Å²) in [5.74, 6) is -0.111. The quantitative estimate of drug-likeness (QED) is 0.657. The highest BCUT2D eigenvalue weighted by Gasteiger charge is 2.25. The molecule has 2 rings (SSSR count). The zero-order chi connectivity index (χ0) is 12.4. The van der Waals surface area contributed by atoms with Crippen molar-refractivity contribution in [2.45, 2.75) is 25.8 Å². The standard InChI is InChI=1S/C12H19N3O2/c1-8(9-5-13-6-9)12(17)15(2)7-11(16)14-10-3-4-10/h10,13H,3-7H2,1-2H3,(H,14,16). The molecule has 2 amide bonds. The number of rotatable bonds is 4. The van der Waals surface area contributed by atoms with Gasteiger partial charge in [-0.2, -0.15) is 0 Å². The number of likely N-dealkylation sites (N-methyl/N-ethyl adjacent to an activating group) is 1. The lowest BCUT2D eigenvalue weighted by Crippen LogP contribution is -2.42. The molecule has 0 atom stereocenters. The summed E-state index contributed by atoms with van der Waals surface area (Å²) in [5.41, 5.74) is 1.91. The van der Waals surface area contributed by atoms with Gasteiger partial charge in [-0.3, -0.25) is 9.59 Å². The predicted molar refractivity (Wildman–Crippen MR) is 64.4 cm³/mol. The van der Waals surface area contributed by atoms with Crippen LogP contribution in [0.4, 0.5) is 0 Å². The van der Waals surface area contributed by atoms with Gasteiger partial charge in [0.2, 0.25) is 11.8 Å². The van der Waals surface area contributed by atoms with Crippen molar-refractivity contribution in [1.82, 2.24) is 15.5 Å². The molecular weight excluding hydrogens is 218 g/mol. The number of nitrogens with zero attached hydrogens (tertiary/aromatic N) is 1. The van der Waals surface area contributed by atoms with Gasteiger partial charge in [0.05, 0.1) is 6.54 Å². The molecule has 0 aromatic heterocycles. The fourth-order valence-electron chi connectivity index (χ4n) is 1.74. The molecule has 1 saturated heterocycles. The van der Waals surface area contributed by atoms with E-state index < -0.39 is 0 Å². The third kappa shape index (κ3) is 3.06. The molecule has 1 heterocycles. The van der Waals surface area contributed by atoms with Crippen LogP contribution in [-0.4, -0.2) is 49.4 Å². The van der Waals surface area contributed by atoms with Gasteiger partial charge in [-0.1, -0.05) is 0 Å². The highest BCUT2D eigenvalue weighted by Crippen LogP contribution is 2.18. The number of carbonyl (C=O) groups is 2. The number of hydrogen-bond acceptors (Lipinski definition) is 3. The molecule has 0 aromatic carbocycles. The zero-order valence-electron chi connectivity index (χ0n) is 10.4. The molecule has 1 aliphatic carbocycles. The second-order valence-electron chi connectivity index (χ2n) is 4.84. The summed E-state index contributed by atoms with van der Waals surface area (Å²) in [7, 11) is 1.67. The molecule has 17 heavy (non-hydrogen) atoms. The van der Waals surface area contributed by atoms with Crippen LogP contribution in [0.5, 0.6) is 0 Å². The molecule has 1 aliphatic heterocycles. The molecule has 0 radical (unpaired) electrons. The van der Waals surface area contributed by atoms with Crippen LogP contribution in [0.3, 0.4) is 0 Å². The van der Waals surface area contributed by atoms with E-state index in [1.807, 2.05) is 6.92 Å². The summed E-state index contributed by atoms with van der Waals surface area (Å²) in [6.07, 6.45) is 2.14. The Labute approximate surface area is 101 Å². The molecular formula is C12H19N3O2. The fraction of sp³-hybridized carbons (Fsp3) is 0.667. The van der Waals surface area contributed by atoms with Crippen LogP contribution in [0, 0.1) is 0 Å². The zero-order valence-corrected chi connectivity index (χ0v) is 10.4. The summed E-state index contributed by atoms with van der Waals surface area (Å²) in [6.45, 7) is 3.56. The Balaban J connectivity index is 1.83. The van der Waals surface area contributed by atoms with E-state index in [1.165, 1.54) is 4.90 Å². The average molecular weight is 237 g/mol. The van der Waals surface area contributed by atoms with Crippen LogP contribution in [0.15, 0.2) is 11.1 Å². The number of hydrogen-bond donors (Lipinski definition) is 2. The van der Waals surface area contributed by atoms with Crippen LogP contribution in [0.1, 0.15) is 19.8 Å². The van der Waals surface area contributed by atoms with E-state index in [9.17, 15) is 9.59 Å². The molecule has 0 spiro atoms. The Morgan fingerprint density at radius 2 is 2.06 bits per heavy atom. The maximum atomic E-state index is 12.0. The van der Waals surface area contributed by atoms with Gasteiger partial charge in [0.25, 0.3) is 0 Å². The molecule has 5 heteroatoms. The number of amides is 2. The normalized spacial score (nSPS) is 18.4. The van der Waals surface area contributed by atoms with E-state index in [4.69, 9.17) is 0 Å². The van der Waals surface area contributed by atoms with Gasteiger partial charge in [-0.15, -0.1) is 0 Å². The molecule has 94 valence electrons. The van der Waals surface area contributed by atoms with Crippen molar-refractivity contribution in [3.05, 3.63) is 11.1 Å². The van der Waals surface area contributed by atoms with E-state index in [1.54, 1.807) is 7.05 Å². The first-order valence-corrected chi connectivity index (χ1v) is 6.02. The van der Waals surface area contributed by atoms with Gasteiger partial charge in [0, 0.05) is 31.8 Å². The Morgan fingerprint density at radius 1 is 1.41 bits per heavy atom. The van der Waals surface area contributed by atoms with Gasteiger partial charge in [-0.05, 0) is 25.3 Å². The van der Waals surface area contributed by atoms with Gasteiger partial charge in [0.1, 0.15) is 0 Å². The first-order chi connectivity index (χ1) is 8.08. The lowest BCUT2D eigenvalue weighted by molar-refractivity contribution is -0.132. The molecule has 2 aliphatic rings. The van der Waals surface area contributed by atoms with Gasteiger partial charge < -0.3 is 15.5 Å². The van der Waals surface area contributed by atoms with Crippen molar-refractivity contribution in [3.63, 3.8) is 0 Å². The summed E-state index contributed by atoms with van der Waals surface area (Å²) in [6, 6.07) is 0.348. The van der Waals surface area contributed by atoms with Crippen LogP contribution in [0.2, 0.25) is 0 Å². The third-order valence-corrected chi connectivity index (χ3v) is 3.20. The minimum absolute atomic E-state index is 0.0487. The predicted octanol–water partition coefficient (Wildman–Crippen LogP) is -0.357. The van der Waals surface area contributed by atoms with Crippen molar-refractivity contribution < 1.29 is 9.59 Å². The van der Waals surface area contributed by atoms with Crippen molar-refractivity contribution in [3.8, 4) is 0 Å². The minimum Gasteiger partial charge on any atom is -0.352 e. The molecule has 0 bridgehead atoms. The van der Waals surface area contributed by atoms with E-state index in [2.05, 4.69) is 10.6 Å². The summed E-state index contributed by atoms with van der Waals surface area (Å²) >= 11 is 0. The SMILES string of the molecule is CC(C(=O)N(C)CC(=O)NC1CC1)=C1CNC1. The maximum Gasteiger partial charge on any atom is 0.249 e. The lowest BCUT2D eigenvalue weighted by Gasteiger charge is -2.24. The summed E-state index contributed by atoms with van der Waals surface area (Å²) in [4.78, 5) is 25.0. The Kier molecular flexibility index (Phi) is 3.47. The van der Waals surface area contributed by atoms with Crippen LogP contribution >= 0.6 is 0 Å². The van der Waals surface area contributed by atoms with E-state index in [0.29, 0.717) is 6.04 Å². The smallest absolute Gasteiger partial charge is 0.249 e. The Hall–Kier alpha value is -1.36. The van der Waals surface area contributed by atoms with Gasteiger partial charge in [0.15, 0.2) is 0 Å². The number of nitrogens with one attached hydrogen (secondary N) is 2. The van der Waals surface area contributed by atoms with Crippen molar-refractivity contribution in [1.29, 1.82) is 0 Å². The maximum absolute atomic E-state index is 12.0. The van der Waals surface area contributed by atoms with Crippen LogP contribution < -0.4 is 10.6 Å². The van der Waals surface area contributed by atoms with Crippen molar-refractivity contribution in [2.24, 2.45) is 0 Å². The van der Waals surface area contributed by atoms with E-state index in [0.717, 1.165) is 37.1 Å². The van der Waals surface area contributed by atoms with E-state index >= 15 is 0 Å². The molecule has 2 fully saturated rings. The first-order valence-electron chi connectivity index (χ1n) is 6.02. The monoisotopic (exact) mass is 237 g/mol. The Bertz CT molecular complexity index is 366. The molecule has 5 nitrogen and oxygen atoms in total. The highest BCUT2D eigenvalue weighted by atomic mass is 16.2. The minimum atomic E-state index is -0.0621. The number of carbonyl (C=O) groups excluding carboxylic acids is 2. The van der Waals surface area contributed by atoms with Crippen LogP contribution in [0.25, 0.3) is 0 Å². The van der Waals surface area contributed by atoms with E-state index in [-0.39, 0.29) is 18.4 Å². The van der Waals surface area contributed by atoms with Gasteiger partial charge >= 0.3 is 0 Å². The summed E-state index contributed by atoms with van der Waals surface area (Å²) in [5, 5.41) is 5.98. The highest BCUT2D eigenvalue weighted by molar-refractivity contribution is 5.96. The van der Waals surface area contributed by atoms with Crippen molar-refractivity contribution in [2.75, 3.05) is 26.7 Å². The fourth-order valence-corrected chi connectivity index (χ4v) is 1.74. The second kappa shape index (κ2) is 4.87. The Morgan fingerprint density at radius 3 is 2.53 bits per heavy atom. The molecule has 0 unspecified atom stereocenters.